The molecule has 2 aromatic rings. The Labute approximate surface area is 196 Å². The first-order chi connectivity index (χ1) is 16.0. The Bertz CT molecular complexity index is 966. The molecule has 0 bridgehead atoms. The van der Waals surface area contributed by atoms with E-state index >= 15 is 0 Å². The van der Waals surface area contributed by atoms with E-state index in [1.54, 1.807) is 0 Å². The molecule has 1 spiro atoms. The maximum Gasteiger partial charge on any atom is 0.318 e. The Balaban J connectivity index is 1.27. The fourth-order valence-corrected chi connectivity index (χ4v) is 5.82. The standard InChI is InChI=1S/C26H35N5O2/c1-29(2)26(22-6-4-3-5-7-22)11-9-25(10-12-26)20-31(24(32)28-25)19-21-8-13-27-23(18-21)30-14-16-33-17-15-30/h3-8,13,18H,9-12,14-17,19-20H2,1-2H3,(H,28,32). The van der Waals surface area contributed by atoms with Crippen LogP contribution in [0.1, 0.15) is 36.8 Å². The summed E-state index contributed by atoms with van der Waals surface area (Å²) in [7, 11) is 4.36. The van der Waals surface area contributed by atoms with Gasteiger partial charge in [-0.15, -0.1) is 0 Å². The lowest BCUT2D eigenvalue weighted by Gasteiger charge is -2.48. The monoisotopic (exact) mass is 449 g/mol. The average molecular weight is 450 g/mol. The Morgan fingerprint density at radius 3 is 2.48 bits per heavy atom. The van der Waals surface area contributed by atoms with E-state index in [9.17, 15) is 4.79 Å². The van der Waals surface area contributed by atoms with Gasteiger partial charge < -0.3 is 19.9 Å². The van der Waals surface area contributed by atoms with Gasteiger partial charge in [0.05, 0.1) is 18.8 Å². The zero-order valence-electron chi connectivity index (χ0n) is 19.8. The van der Waals surface area contributed by atoms with E-state index in [4.69, 9.17) is 4.74 Å². The van der Waals surface area contributed by atoms with E-state index in [-0.39, 0.29) is 17.1 Å². The van der Waals surface area contributed by atoms with Crippen molar-refractivity contribution in [2.75, 3.05) is 51.8 Å². The first kappa shape index (κ1) is 22.2. The molecule has 5 rings (SSSR count). The number of carbonyl (C=O) groups excluding carboxylic acids is 1. The molecule has 7 heteroatoms. The zero-order valence-corrected chi connectivity index (χ0v) is 19.8. The summed E-state index contributed by atoms with van der Waals surface area (Å²) >= 11 is 0. The highest BCUT2D eigenvalue weighted by Gasteiger charge is 2.49. The minimum Gasteiger partial charge on any atom is -0.378 e. The van der Waals surface area contributed by atoms with Crippen molar-refractivity contribution < 1.29 is 9.53 Å². The molecule has 7 nitrogen and oxygen atoms in total. The summed E-state index contributed by atoms with van der Waals surface area (Å²) in [5.74, 6) is 0.974. The van der Waals surface area contributed by atoms with Crippen LogP contribution in [-0.2, 0) is 16.8 Å². The predicted molar refractivity (Wildman–Crippen MR) is 129 cm³/mol. The Kier molecular flexibility index (Phi) is 6.01. The third kappa shape index (κ3) is 4.32. The molecule has 176 valence electrons. The van der Waals surface area contributed by atoms with Crippen molar-refractivity contribution in [1.82, 2.24) is 20.1 Å². The molecule has 1 aromatic carbocycles. The minimum atomic E-state index is -0.133. The van der Waals surface area contributed by atoms with Crippen LogP contribution in [0.4, 0.5) is 10.6 Å². The average Bonchev–Trinajstić information content (AvgIpc) is 3.15. The van der Waals surface area contributed by atoms with E-state index < -0.39 is 0 Å². The molecule has 0 unspecified atom stereocenters. The van der Waals surface area contributed by atoms with Gasteiger partial charge in [-0.05, 0) is 63.0 Å². The largest absolute Gasteiger partial charge is 0.378 e. The number of ether oxygens (including phenoxy) is 1. The number of morpholine rings is 1. The van der Waals surface area contributed by atoms with Crippen molar-refractivity contribution in [1.29, 1.82) is 0 Å². The molecule has 3 heterocycles. The maximum absolute atomic E-state index is 13.0. The number of pyridine rings is 1. The van der Waals surface area contributed by atoms with Gasteiger partial charge in [0.15, 0.2) is 0 Å². The molecule has 3 fully saturated rings. The van der Waals surface area contributed by atoms with Crippen LogP contribution in [0.25, 0.3) is 0 Å². The fraction of sp³-hybridized carbons (Fsp3) is 0.538. The van der Waals surface area contributed by atoms with Crippen LogP contribution in [-0.4, -0.2) is 73.3 Å². The van der Waals surface area contributed by atoms with Crippen molar-refractivity contribution in [2.24, 2.45) is 0 Å². The fourth-order valence-electron chi connectivity index (χ4n) is 5.82. The van der Waals surface area contributed by atoms with Gasteiger partial charge in [-0.2, -0.15) is 0 Å². The van der Waals surface area contributed by atoms with Crippen molar-refractivity contribution in [3.8, 4) is 0 Å². The Morgan fingerprint density at radius 2 is 1.79 bits per heavy atom. The highest BCUT2D eigenvalue weighted by Crippen LogP contribution is 2.46. The summed E-state index contributed by atoms with van der Waals surface area (Å²) in [6.45, 7) is 4.57. The van der Waals surface area contributed by atoms with E-state index in [0.717, 1.165) is 69.9 Å². The normalized spacial score (nSPS) is 27.9. The highest BCUT2D eigenvalue weighted by atomic mass is 16.5. The summed E-state index contributed by atoms with van der Waals surface area (Å²) in [6.07, 6.45) is 5.90. The number of aromatic nitrogens is 1. The summed E-state index contributed by atoms with van der Waals surface area (Å²) in [6, 6.07) is 15.0. The summed E-state index contributed by atoms with van der Waals surface area (Å²) in [5, 5.41) is 3.37. The third-order valence-corrected chi connectivity index (χ3v) is 7.87. The van der Waals surface area contributed by atoms with Crippen LogP contribution in [0.3, 0.4) is 0 Å². The van der Waals surface area contributed by atoms with Gasteiger partial charge in [-0.3, -0.25) is 4.90 Å². The number of hydrogen-bond donors (Lipinski definition) is 1. The molecule has 0 atom stereocenters. The van der Waals surface area contributed by atoms with Crippen LogP contribution in [0.5, 0.6) is 0 Å². The van der Waals surface area contributed by atoms with E-state index in [0.29, 0.717) is 6.54 Å². The predicted octanol–water partition coefficient (Wildman–Crippen LogP) is 3.21. The molecular formula is C26H35N5O2. The SMILES string of the molecule is CN(C)C1(c2ccccc2)CCC2(CC1)CN(Cc1ccnc(N3CCOCC3)c1)C(=O)N2. The van der Waals surface area contributed by atoms with E-state index in [2.05, 4.69) is 70.6 Å². The zero-order chi connectivity index (χ0) is 22.9. The first-order valence-corrected chi connectivity index (χ1v) is 12.1. The van der Waals surface area contributed by atoms with Gasteiger partial charge in [0, 0.05) is 37.9 Å². The summed E-state index contributed by atoms with van der Waals surface area (Å²) < 4.78 is 5.46. The second-order valence-electron chi connectivity index (χ2n) is 9.98. The lowest BCUT2D eigenvalue weighted by molar-refractivity contribution is 0.0617. The van der Waals surface area contributed by atoms with Gasteiger partial charge >= 0.3 is 6.03 Å². The van der Waals surface area contributed by atoms with E-state index in [1.807, 2.05) is 17.2 Å². The number of nitrogens with zero attached hydrogens (tertiary/aromatic N) is 4. The van der Waals surface area contributed by atoms with Crippen LogP contribution < -0.4 is 10.2 Å². The Hall–Kier alpha value is -2.64. The van der Waals surface area contributed by atoms with Gasteiger partial charge in [0.25, 0.3) is 0 Å². The summed E-state index contributed by atoms with van der Waals surface area (Å²) in [4.78, 5) is 24.1. The van der Waals surface area contributed by atoms with Gasteiger partial charge in [0.1, 0.15) is 5.82 Å². The van der Waals surface area contributed by atoms with Gasteiger partial charge in [0.2, 0.25) is 0 Å². The summed E-state index contributed by atoms with van der Waals surface area (Å²) in [5.41, 5.74) is 2.40. The molecule has 2 amide bonds. The second kappa shape index (κ2) is 8.95. The lowest BCUT2D eigenvalue weighted by Crippen LogP contribution is -2.54. The Morgan fingerprint density at radius 1 is 1.06 bits per heavy atom. The number of urea groups is 1. The first-order valence-electron chi connectivity index (χ1n) is 12.1. The number of amides is 2. The van der Waals surface area contributed by atoms with Crippen molar-refractivity contribution >= 4 is 11.8 Å². The molecule has 33 heavy (non-hydrogen) atoms. The molecule has 2 aliphatic heterocycles. The molecule has 2 saturated heterocycles. The van der Waals surface area contributed by atoms with Crippen LogP contribution >= 0.6 is 0 Å². The quantitative estimate of drug-likeness (QED) is 0.760. The van der Waals surface area contributed by atoms with Gasteiger partial charge in [-0.1, -0.05) is 30.3 Å². The number of anilines is 1. The maximum atomic E-state index is 13.0. The number of rotatable bonds is 5. The van der Waals surface area contributed by atoms with Crippen LogP contribution in [0.15, 0.2) is 48.7 Å². The van der Waals surface area contributed by atoms with Crippen molar-refractivity contribution in [3.05, 3.63) is 59.8 Å². The molecular weight excluding hydrogens is 414 g/mol. The van der Waals surface area contributed by atoms with Crippen LogP contribution in [0.2, 0.25) is 0 Å². The number of carbonyl (C=O) groups is 1. The topological polar surface area (TPSA) is 60.9 Å². The molecule has 3 aliphatic rings. The smallest absolute Gasteiger partial charge is 0.318 e. The van der Waals surface area contributed by atoms with Gasteiger partial charge in [-0.25, -0.2) is 9.78 Å². The number of benzene rings is 1. The third-order valence-electron chi connectivity index (χ3n) is 7.87. The van der Waals surface area contributed by atoms with E-state index in [1.165, 1.54) is 5.56 Å². The molecule has 1 aromatic heterocycles. The molecule has 0 radical (unpaired) electrons. The van der Waals surface area contributed by atoms with Crippen molar-refractivity contribution in [2.45, 2.75) is 43.3 Å². The minimum absolute atomic E-state index is 0.0306. The highest BCUT2D eigenvalue weighted by molar-refractivity contribution is 5.78. The number of nitrogens with one attached hydrogen (secondary N) is 1. The lowest BCUT2D eigenvalue weighted by atomic mass is 9.69. The second-order valence-corrected chi connectivity index (χ2v) is 9.98. The molecule has 1 aliphatic carbocycles. The molecule has 1 N–H and O–H groups in total. The molecule has 1 saturated carbocycles. The number of hydrogen-bond acceptors (Lipinski definition) is 5. The van der Waals surface area contributed by atoms with Crippen LogP contribution in [0, 0.1) is 0 Å². The van der Waals surface area contributed by atoms with Crippen molar-refractivity contribution in [3.63, 3.8) is 0 Å².